The highest BCUT2D eigenvalue weighted by atomic mass is 32.2. The first-order valence-electron chi connectivity index (χ1n) is 6.36. The molecule has 112 valence electrons. The van der Waals surface area contributed by atoms with Crippen LogP contribution in [-0.4, -0.2) is 70.8 Å². The number of nitrogens with zero attached hydrogens (tertiary/aromatic N) is 2. The lowest BCUT2D eigenvalue weighted by Crippen LogP contribution is -2.54. The first kappa shape index (κ1) is 15.2. The van der Waals surface area contributed by atoms with Gasteiger partial charge < -0.3 is 9.32 Å². The molecule has 1 aliphatic rings. The number of piperazine rings is 1. The van der Waals surface area contributed by atoms with Crippen LogP contribution in [0.25, 0.3) is 0 Å². The number of nitrogens with one attached hydrogen (secondary N) is 1. The van der Waals surface area contributed by atoms with E-state index in [2.05, 4.69) is 14.5 Å². The number of sulfonamides is 1. The first-order valence-corrected chi connectivity index (χ1v) is 7.84. The molecule has 1 aromatic rings. The summed E-state index contributed by atoms with van der Waals surface area (Å²) in [6.45, 7) is 2.98. The van der Waals surface area contributed by atoms with Crippen molar-refractivity contribution in [3.63, 3.8) is 0 Å². The largest absolute Gasteiger partial charge is 0.440 e. The maximum Gasteiger partial charge on any atom is 0.274 e. The molecule has 2 heterocycles. The molecule has 1 aliphatic heterocycles. The molecule has 7 nitrogen and oxygen atoms in total. The van der Waals surface area contributed by atoms with Gasteiger partial charge in [-0.2, -0.15) is 0 Å². The van der Waals surface area contributed by atoms with Crippen LogP contribution in [0, 0.1) is 0 Å². The maximum atomic E-state index is 12.0. The number of furan rings is 1. The molecule has 1 atom stereocenters. The number of carbonyl (C=O) groups is 1. The summed E-state index contributed by atoms with van der Waals surface area (Å²) >= 11 is 0. The van der Waals surface area contributed by atoms with Gasteiger partial charge in [-0.1, -0.05) is 0 Å². The van der Waals surface area contributed by atoms with Gasteiger partial charge in [0.1, 0.15) is 0 Å². The number of likely N-dealkylation sites (N-methyl/N-ethyl adjacent to an activating group) is 2. The Hall–Kier alpha value is -1.22. The van der Waals surface area contributed by atoms with Crippen molar-refractivity contribution >= 4 is 16.3 Å². The molecule has 0 bridgehead atoms. The quantitative estimate of drug-likeness (QED) is 0.746. The van der Waals surface area contributed by atoms with Gasteiger partial charge in [0.05, 0.1) is 0 Å². The normalized spacial score (nSPS) is 22.0. The zero-order valence-corrected chi connectivity index (χ0v) is 12.4. The summed E-state index contributed by atoms with van der Waals surface area (Å²) in [5.74, 6) is -0.0000993. The first-order chi connectivity index (χ1) is 9.42. The summed E-state index contributed by atoms with van der Waals surface area (Å²) in [5.41, 5.74) is 0. The Kier molecular flexibility index (Phi) is 4.59. The van der Waals surface area contributed by atoms with E-state index in [9.17, 15) is 13.2 Å². The van der Waals surface area contributed by atoms with Crippen LogP contribution in [0.15, 0.2) is 21.6 Å². The molecule has 1 saturated heterocycles. The fourth-order valence-corrected chi connectivity index (χ4v) is 3.15. The van der Waals surface area contributed by atoms with Gasteiger partial charge >= 0.3 is 0 Å². The molecule has 0 aliphatic carbocycles. The highest BCUT2D eigenvalue weighted by Gasteiger charge is 2.25. The highest BCUT2D eigenvalue weighted by Crippen LogP contribution is 2.13. The second kappa shape index (κ2) is 6.04. The van der Waals surface area contributed by atoms with E-state index < -0.39 is 10.0 Å². The highest BCUT2D eigenvalue weighted by molar-refractivity contribution is 7.89. The Morgan fingerprint density at radius 3 is 2.80 bits per heavy atom. The van der Waals surface area contributed by atoms with Crippen molar-refractivity contribution in [2.45, 2.75) is 11.1 Å². The maximum absolute atomic E-state index is 12.0. The molecule has 0 radical (unpaired) electrons. The smallest absolute Gasteiger partial charge is 0.274 e. The summed E-state index contributed by atoms with van der Waals surface area (Å²) in [7, 11) is 0.276. The van der Waals surface area contributed by atoms with Gasteiger partial charge in [-0.3, -0.25) is 9.69 Å². The standard InChI is InChI=1S/C12H19N3O4S/c1-14-5-6-15(2)10(8-14)7-13-20(17,18)12-4-3-11(9-16)19-12/h3-4,9-10,13H,5-8H2,1-2H3. The van der Waals surface area contributed by atoms with Gasteiger partial charge in [-0.25, -0.2) is 13.1 Å². The third-order valence-electron chi connectivity index (χ3n) is 3.47. The number of hydrogen-bond acceptors (Lipinski definition) is 6. The second-order valence-electron chi connectivity index (χ2n) is 5.02. The van der Waals surface area contributed by atoms with Crippen LogP contribution in [0.1, 0.15) is 10.6 Å². The van der Waals surface area contributed by atoms with Crippen molar-refractivity contribution in [1.82, 2.24) is 14.5 Å². The minimum absolute atomic E-state index is 0.0000993. The van der Waals surface area contributed by atoms with E-state index in [0.717, 1.165) is 19.6 Å². The van der Waals surface area contributed by atoms with Crippen molar-refractivity contribution in [3.05, 3.63) is 17.9 Å². The van der Waals surface area contributed by atoms with Crippen LogP contribution in [0.4, 0.5) is 0 Å². The molecule has 2 rings (SSSR count). The van der Waals surface area contributed by atoms with E-state index in [1.807, 2.05) is 14.1 Å². The Balaban J connectivity index is 2.00. The molecule has 0 saturated carbocycles. The van der Waals surface area contributed by atoms with Crippen LogP contribution >= 0.6 is 0 Å². The van der Waals surface area contributed by atoms with E-state index in [1.165, 1.54) is 12.1 Å². The minimum atomic E-state index is -3.71. The van der Waals surface area contributed by atoms with Gasteiger partial charge in [0.15, 0.2) is 12.0 Å². The van der Waals surface area contributed by atoms with Crippen LogP contribution in [-0.2, 0) is 10.0 Å². The molecule has 20 heavy (non-hydrogen) atoms. The van der Waals surface area contributed by atoms with Crippen molar-refractivity contribution in [1.29, 1.82) is 0 Å². The molecule has 0 amide bonds. The Bertz CT molecular complexity index is 569. The topological polar surface area (TPSA) is 82.9 Å². The Morgan fingerprint density at radius 1 is 1.40 bits per heavy atom. The van der Waals surface area contributed by atoms with Crippen molar-refractivity contribution in [2.24, 2.45) is 0 Å². The number of rotatable bonds is 5. The van der Waals surface area contributed by atoms with Gasteiger partial charge in [0, 0.05) is 32.2 Å². The minimum Gasteiger partial charge on any atom is -0.440 e. The average molecular weight is 301 g/mol. The lowest BCUT2D eigenvalue weighted by molar-refractivity contribution is 0.109. The van der Waals surface area contributed by atoms with E-state index in [4.69, 9.17) is 4.42 Å². The molecule has 1 unspecified atom stereocenters. The zero-order valence-electron chi connectivity index (χ0n) is 11.6. The second-order valence-corrected chi connectivity index (χ2v) is 6.72. The third-order valence-corrected chi connectivity index (χ3v) is 4.77. The summed E-state index contributed by atoms with van der Waals surface area (Å²) in [6, 6.07) is 2.73. The number of aldehydes is 1. The summed E-state index contributed by atoms with van der Waals surface area (Å²) < 4.78 is 31.5. The predicted octanol–water partition coefficient (Wildman–Crippen LogP) is -0.384. The van der Waals surface area contributed by atoms with Gasteiger partial charge in [-0.15, -0.1) is 0 Å². The molecule has 0 aromatic carbocycles. The summed E-state index contributed by atoms with van der Waals surface area (Å²) in [5, 5.41) is -0.230. The van der Waals surface area contributed by atoms with Crippen LogP contribution in [0.5, 0.6) is 0 Å². The Morgan fingerprint density at radius 2 is 2.15 bits per heavy atom. The fraction of sp³-hybridized carbons (Fsp3) is 0.583. The van der Waals surface area contributed by atoms with Crippen LogP contribution in [0.2, 0.25) is 0 Å². The van der Waals surface area contributed by atoms with E-state index >= 15 is 0 Å². The van der Waals surface area contributed by atoms with E-state index in [0.29, 0.717) is 12.8 Å². The van der Waals surface area contributed by atoms with Gasteiger partial charge in [0.2, 0.25) is 5.09 Å². The van der Waals surface area contributed by atoms with Crippen LogP contribution < -0.4 is 4.72 Å². The molecule has 1 aromatic heterocycles. The molecular weight excluding hydrogens is 282 g/mol. The molecule has 1 fully saturated rings. The zero-order chi connectivity index (χ0) is 14.8. The average Bonchev–Trinajstić information content (AvgIpc) is 2.89. The van der Waals surface area contributed by atoms with E-state index in [1.54, 1.807) is 0 Å². The Labute approximate surface area is 118 Å². The third kappa shape index (κ3) is 3.45. The molecule has 1 N–H and O–H groups in total. The number of carbonyl (C=O) groups excluding carboxylic acids is 1. The fourth-order valence-electron chi connectivity index (χ4n) is 2.14. The van der Waals surface area contributed by atoms with E-state index in [-0.39, 0.29) is 16.9 Å². The lowest BCUT2D eigenvalue weighted by Gasteiger charge is -2.37. The molecular formula is C12H19N3O4S. The SMILES string of the molecule is CN1CCN(C)C(CNS(=O)(=O)c2ccc(C=O)o2)C1. The lowest BCUT2D eigenvalue weighted by atomic mass is 10.2. The monoisotopic (exact) mass is 301 g/mol. The van der Waals surface area contributed by atoms with Crippen molar-refractivity contribution < 1.29 is 17.6 Å². The van der Waals surface area contributed by atoms with Crippen molar-refractivity contribution in [2.75, 3.05) is 40.3 Å². The van der Waals surface area contributed by atoms with Gasteiger partial charge in [0.25, 0.3) is 10.0 Å². The van der Waals surface area contributed by atoms with Gasteiger partial charge in [-0.05, 0) is 26.2 Å². The van der Waals surface area contributed by atoms with Crippen LogP contribution in [0.3, 0.4) is 0 Å². The predicted molar refractivity (Wildman–Crippen MR) is 73.2 cm³/mol. The molecule has 0 spiro atoms. The molecule has 8 heteroatoms. The summed E-state index contributed by atoms with van der Waals surface area (Å²) in [4.78, 5) is 14.8. The summed E-state index contributed by atoms with van der Waals surface area (Å²) in [6.07, 6.45) is 0.475. The number of hydrogen-bond donors (Lipinski definition) is 1. The van der Waals surface area contributed by atoms with Crippen molar-refractivity contribution in [3.8, 4) is 0 Å².